The van der Waals surface area contributed by atoms with E-state index in [1.165, 1.54) is 5.56 Å². The van der Waals surface area contributed by atoms with E-state index in [9.17, 15) is 15.3 Å². The summed E-state index contributed by atoms with van der Waals surface area (Å²) < 4.78 is 0. The Kier molecular flexibility index (Phi) is 8.23. The number of hydrogen-bond acceptors (Lipinski definition) is 3. The van der Waals surface area contributed by atoms with Gasteiger partial charge in [-0.3, -0.25) is 0 Å². The summed E-state index contributed by atoms with van der Waals surface area (Å²) in [5.74, 6) is 0. The number of aliphatic hydroxyl groups is 3. The molecule has 3 heteroatoms. The predicted octanol–water partition coefficient (Wildman–Crippen LogP) is 4.72. The highest BCUT2D eigenvalue weighted by molar-refractivity contribution is 5.70. The second kappa shape index (κ2) is 10.4. The van der Waals surface area contributed by atoms with E-state index in [0.29, 0.717) is 0 Å². The summed E-state index contributed by atoms with van der Waals surface area (Å²) in [7, 11) is 0. The van der Waals surface area contributed by atoms with E-state index in [1.807, 2.05) is 38.1 Å². The Hall–Kier alpha value is -1.94. The van der Waals surface area contributed by atoms with Crippen molar-refractivity contribution in [1.29, 1.82) is 0 Å². The van der Waals surface area contributed by atoms with Crippen LogP contribution in [0.1, 0.15) is 67.3 Å². The highest BCUT2D eigenvalue weighted by Gasteiger charge is 2.10. The Bertz CT molecular complexity index is 719. The van der Waals surface area contributed by atoms with Gasteiger partial charge in [-0.2, -0.15) is 0 Å². The van der Waals surface area contributed by atoms with Crippen LogP contribution in [-0.4, -0.2) is 20.9 Å². The average molecular weight is 369 g/mol. The number of unbranched alkanes of at least 4 members (excludes halogenated alkanes) is 2. The second-order valence-electron chi connectivity index (χ2n) is 7.85. The molecule has 0 aromatic heterocycles. The Morgan fingerprint density at radius 3 is 2.04 bits per heavy atom. The zero-order valence-corrected chi connectivity index (χ0v) is 16.5. The van der Waals surface area contributed by atoms with E-state index in [0.717, 1.165) is 54.4 Å². The molecule has 0 aliphatic heterocycles. The molecule has 0 amide bonds. The SMILES string of the molecule is CC(C)(O)CCCCCc1cccc(C=Cc2cc(CO)cc(CO)c2)c1. The fourth-order valence-corrected chi connectivity index (χ4v) is 3.18. The molecule has 0 unspecified atom stereocenters. The van der Waals surface area contributed by atoms with Crippen molar-refractivity contribution in [3.05, 3.63) is 70.3 Å². The van der Waals surface area contributed by atoms with Crippen LogP contribution in [-0.2, 0) is 19.6 Å². The molecule has 0 saturated carbocycles. The summed E-state index contributed by atoms with van der Waals surface area (Å²) in [6, 6.07) is 14.2. The fourth-order valence-electron chi connectivity index (χ4n) is 3.18. The zero-order valence-electron chi connectivity index (χ0n) is 16.5. The summed E-state index contributed by atoms with van der Waals surface area (Å²) in [5, 5.41) is 28.5. The molecule has 3 N–H and O–H groups in total. The van der Waals surface area contributed by atoms with Crippen molar-refractivity contribution in [1.82, 2.24) is 0 Å². The van der Waals surface area contributed by atoms with Gasteiger partial charge in [0.25, 0.3) is 0 Å². The van der Waals surface area contributed by atoms with E-state index in [2.05, 4.69) is 30.3 Å². The molecule has 27 heavy (non-hydrogen) atoms. The van der Waals surface area contributed by atoms with Crippen LogP contribution in [0.5, 0.6) is 0 Å². The van der Waals surface area contributed by atoms with E-state index in [1.54, 1.807) is 0 Å². The first-order chi connectivity index (χ1) is 12.9. The lowest BCUT2D eigenvalue weighted by Gasteiger charge is -2.16. The lowest BCUT2D eigenvalue weighted by molar-refractivity contribution is 0.0681. The van der Waals surface area contributed by atoms with E-state index in [-0.39, 0.29) is 13.2 Å². The monoisotopic (exact) mass is 368 g/mol. The lowest BCUT2D eigenvalue weighted by Crippen LogP contribution is -2.17. The summed E-state index contributed by atoms with van der Waals surface area (Å²) in [6.45, 7) is 3.67. The molecular formula is C24H32O3. The zero-order chi connectivity index (χ0) is 19.7. The molecule has 3 nitrogen and oxygen atoms in total. The molecule has 0 atom stereocenters. The maximum absolute atomic E-state index is 9.75. The molecule has 2 aromatic rings. The van der Waals surface area contributed by atoms with Crippen molar-refractivity contribution in [2.75, 3.05) is 0 Å². The summed E-state index contributed by atoms with van der Waals surface area (Å²) in [4.78, 5) is 0. The first kappa shape index (κ1) is 21.4. The van der Waals surface area contributed by atoms with Crippen LogP contribution in [0.4, 0.5) is 0 Å². The summed E-state index contributed by atoms with van der Waals surface area (Å²) in [6.07, 6.45) is 9.28. The Morgan fingerprint density at radius 2 is 1.41 bits per heavy atom. The van der Waals surface area contributed by atoms with Gasteiger partial charge in [-0.1, -0.05) is 55.3 Å². The van der Waals surface area contributed by atoms with Gasteiger partial charge in [0.15, 0.2) is 0 Å². The normalized spacial score (nSPS) is 12.0. The van der Waals surface area contributed by atoms with Crippen LogP contribution < -0.4 is 0 Å². The number of benzene rings is 2. The third-order valence-electron chi connectivity index (χ3n) is 4.61. The Morgan fingerprint density at radius 1 is 0.778 bits per heavy atom. The summed E-state index contributed by atoms with van der Waals surface area (Å²) >= 11 is 0. The fraction of sp³-hybridized carbons (Fsp3) is 0.417. The van der Waals surface area contributed by atoms with E-state index < -0.39 is 5.60 Å². The minimum absolute atomic E-state index is 0.0301. The van der Waals surface area contributed by atoms with E-state index >= 15 is 0 Å². The maximum atomic E-state index is 9.75. The molecule has 2 rings (SSSR count). The maximum Gasteiger partial charge on any atom is 0.0682 e. The van der Waals surface area contributed by atoms with Crippen molar-refractivity contribution in [3.63, 3.8) is 0 Å². The molecule has 0 heterocycles. The topological polar surface area (TPSA) is 60.7 Å². The molecule has 0 saturated heterocycles. The largest absolute Gasteiger partial charge is 0.392 e. The summed E-state index contributed by atoms with van der Waals surface area (Å²) in [5.41, 5.74) is 4.49. The predicted molar refractivity (Wildman–Crippen MR) is 112 cm³/mol. The van der Waals surface area contributed by atoms with Gasteiger partial charge in [0.05, 0.1) is 18.8 Å². The van der Waals surface area contributed by atoms with Gasteiger partial charge in [-0.05, 0) is 73.1 Å². The molecule has 0 spiro atoms. The molecule has 0 radical (unpaired) electrons. The average Bonchev–Trinajstić information content (AvgIpc) is 2.65. The van der Waals surface area contributed by atoms with Crippen LogP contribution in [0, 0.1) is 0 Å². The van der Waals surface area contributed by atoms with Crippen molar-refractivity contribution in [2.24, 2.45) is 0 Å². The van der Waals surface area contributed by atoms with Crippen LogP contribution in [0.15, 0.2) is 42.5 Å². The molecule has 0 aliphatic rings. The molecular weight excluding hydrogens is 336 g/mol. The molecule has 0 fully saturated rings. The number of aliphatic hydroxyl groups excluding tert-OH is 2. The van der Waals surface area contributed by atoms with Gasteiger partial charge in [0, 0.05) is 0 Å². The van der Waals surface area contributed by atoms with E-state index in [4.69, 9.17) is 0 Å². The quantitative estimate of drug-likeness (QED) is 0.420. The van der Waals surface area contributed by atoms with Crippen LogP contribution >= 0.6 is 0 Å². The Labute approximate surface area is 163 Å². The molecule has 146 valence electrons. The smallest absolute Gasteiger partial charge is 0.0682 e. The van der Waals surface area contributed by atoms with Crippen molar-refractivity contribution in [2.45, 2.75) is 64.8 Å². The standard InChI is InChI=1S/C24H32O3/c1-24(2,27)12-5-3-4-7-19-8-6-9-20(13-19)10-11-21-14-22(17-25)16-23(15-21)18-26/h6,8-11,13-16,25-27H,3-5,7,12,17-18H2,1-2H3. The van der Waals surface area contributed by atoms with Crippen molar-refractivity contribution >= 4 is 12.2 Å². The Balaban J connectivity index is 1.94. The van der Waals surface area contributed by atoms with Crippen LogP contribution in [0.2, 0.25) is 0 Å². The minimum atomic E-state index is -0.562. The first-order valence-electron chi connectivity index (χ1n) is 9.73. The van der Waals surface area contributed by atoms with Crippen molar-refractivity contribution in [3.8, 4) is 0 Å². The number of hydrogen-bond donors (Lipinski definition) is 3. The van der Waals surface area contributed by atoms with Crippen LogP contribution in [0.25, 0.3) is 12.2 Å². The highest BCUT2D eigenvalue weighted by Crippen LogP contribution is 2.17. The van der Waals surface area contributed by atoms with Crippen molar-refractivity contribution < 1.29 is 15.3 Å². The first-order valence-corrected chi connectivity index (χ1v) is 9.73. The van der Waals surface area contributed by atoms with Gasteiger partial charge >= 0.3 is 0 Å². The highest BCUT2D eigenvalue weighted by atomic mass is 16.3. The molecule has 0 bridgehead atoms. The lowest BCUT2D eigenvalue weighted by atomic mass is 9.98. The van der Waals surface area contributed by atoms with Gasteiger partial charge in [0.1, 0.15) is 0 Å². The van der Waals surface area contributed by atoms with Gasteiger partial charge in [0.2, 0.25) is 0 Å². The number of aryl methyl sites for hydroxylation is 1. The second-order valence-corrected chi connectivity index (χ2v) is 7.85. The molecule has 2 aromatic carbocycles. The third kappa shape index (κ3) is 8.08. The van der Waals surface area contributed by atoms with Gasteiger partial charge in [-0.25, -0.2) is 0 Å². The van der Waals surface area contributed by atoms with Crippen LogP contribution in [0.3, 0.4) is 0 Å². The third-order valence-corrected chi connectivity index (χ3v) is 4.61. The molecule has 0 aliphatic carbocycles. The van der Waals surface area contributed by atoms with Gasteiger partial charge < -0.3 is 15.3 Å². The van der Waals surface area contributed by atoms with Gasteiger partial charge in [-0.15, -0.1) is 0 Å². The minimum Gasteiger partial charge on any atom is -0.392 e. The number of rotatable bonds is 10.